The van der Waals surface area contributed by atoms with Crippen molar-refractivity contribution in [1.82, 2.24) is 5.16 Å². The molecule has 0 aliphatic carbocycles. The Morgan fingerprint density at radius 1 is 1.14 bits per heavy atom. The van der Waals surface area contributed by atoms with E-state index in [4.69, 9.17) is 15.0 Å². The Labute approximate surface area is 127 Å². The number of ketones is 1. The van der Waals surface area contributed by atoms with E-state index in [1.807, 2.05) is 18.2 Å². The van der Waals surface area contributed by atoms with Gasteiger partial charge in [0.25, 0.3) is 0 Å². The fourth-order valence-electron chi connectivity index (χ4n) is 2.12. The van der Waals surface area contributed by atoms with E-state index in [0.29, 0.717) is 28.4 Å². The Hall–Kier alpha value is -3.08. The minimum Gasteiger partial charge on any atom is -0.457 e. The highest BCUT2D eigenvalue weighted by Crippen LogP contribution is 2.29. The van der Waals surface area contributed by atoms with E-state index in [1.165, 1.54) is 13.2 Å². The largest absolute Gasteiger partial charge is 0.457 e. The van der Waals surface area contributed by atoms with Crippen LogP contribution in [0.2, 0.25) is 0 Å². The molecule has 1 heterocycles. The third kappa shape index (κ3) is 2.69. The number of hydrogen-bond donors (Lipinski definition) is 1. The first-order valence-electron chi connectivity index (χ1n) is 6.73. The van der Waals surface area contributed by atoms with Gasteiger partial charge < -0.3 is 15.0 Å². The van der Waals surface area contributed by atoms with Crippen molar-refractivity contribution in [2.75, 3.05) is 5.73 Å². The molecule has 0 amide bonds. The lowest BCUT2D eigenvalue weighted by molar-refractivity contribution is 0.101. The summed E-state index contributed by atoms with van der Waals surface area (Å²) in [6.45, 7) is 1.51. The third-order valence-electron chi connectivity index (χ3n) is 3.22. The number of carbonyl (C=O) groups excluding carboxylic acids is 1. The first-order chi connectivity index (χ1) is 10.6. The summed E-state index contributed by atoms with van der Waals surface area (Å²) in [6, 6.07) is 14.4. The Kier molecular flexibility index (Phi) is 3.62. The summed E-state index contributed by atoms with van der Waals surface area (Å²) in [5, 5.41) is 3.85. The van der Waals surface area contributed by atoms with Crippen LogP contribution in [-0.2, 0) is 0 Å². The summed E-state index contributed by atoms with van der Waals surface area (Å²) in [4.78, 5) is 11.6. The molecule has 0 bridgehead atoms. The van der Waals surface area contributed by atoms with E-state index < -0.39 is 0 Å². The van der Waals surface area contributed by atoms with Crippen LogP contribution in [0.15, 0.2) is 59.3 Å². The summed E-state index contributed by atoms with van der Waals surface area (Å²) in [5.41, 5.74) is 8.22. The molecule has 5 nitrogen and oxygen atoms in total. The molecule has 0 aliphatic rings. The van der Waals surface area contributed by atoms with Gasteiger partial charge in [0.2, 0.25) is 0 Å². The maximum absolute atomic E-state index is 11.6. The Balaban J connectivity index is 1.86. The Bertz CT molecular complexity index is 807. The summed E-state index contributed by atoms with van der Waals surface area (Å²) in [6.07, 6.45) is 1.39. The predicted molar refractivity (Wildman–Crippen MR) is 82.9 cm³/mol. The smallest absolute Gasteiger partial charge is 0.163 e. The van der Waals surface area contributed by atoms with E-state index in [0.717, 1.165) is 5.56 Å². The zero-order chi connectivity index (χ0) is 15.5. The van der Waals surface area contributed by atoms with E-state index in [2.05, 4.69) is 5.16 Å². The molecular weight excluding hydrogens is 280 g/mol. The summed E-state index contributed by atoms with van der Waals surface area (Å²) in [5.74, 6) is 1.12. The average molecular weight is 294 g/mol. The highest BCUT2D eigenvalue weighted by molar-refractivity contribution is 5.96. The lowest BCUT2D eigenvalue weighted by atomic mass is 10.1. The molecule has 3 rings (SSSR count). The molecule has 0 saturated heterocycles. The molecule has 0 atom stereocenters. The van der Waals surface area contributed by atoms with Crippen LogP contribution in [0.1, 0.15) is 17.3 Å². The number of anilines is 1. The quantitative estimate of drug-likeness (QED) is 0.738. The van der Waals surface area contributed by atoms with Crippen molar-refractivity contribution in [2.24, 2.45) is 0 Å². The normalized spacial score (nSPS) is 10.4. The molecule has 0 radical (unpaired) electrons. The van der Waals surface area contributed by atoms with Crippen LogP contribution in [-0.4, -0.2) is 10.9 Å². The second-order valence-electron chi connectivity index (χ2n) is 4.80. The molecular formula is C17H14N2O3. The van der Waals surface area contributed by atoms with Crippen molar-refractivity contribution < 1.29 is 14.1 Å². The molecule has 0 saturated carbocycles. The van der Waals surface area contributed by atoms with Crippen molar-refractivity contribution in [3.05, 3.63) is 60.4 Å². The van der Waals surface area contributed by atoms with Crippen molar-refractivity contribution >= 4 is 11.5 Å². The molecule has 1 aromatic heterocycles. The maximum Gasteiger partial charge on any atom is 0.163 e. The van der Waals surface area contributed by atoms with E-state index in [1.54, 1.807) is 30.3 Å². The Morgan fingerprint density at radius 2 is 1.86 bits per heavy atom. The summed E-state index contributed by atoms with van der Waals surface area (Å²) < 4.78 is 10.6. The molecule has 0 spiro atoms. The van der Waals surface area contributed by atoms with Gasteiger partial charge in [0.05, 0.1) is 5.56 Å². The molecule has 3 aromatic rings. The second kappa shape index (κ2) is 5.73. The van der Waals surface area contributed by atoms with E-state index in [9.17, 15) is 4.79 Å². The van der Waals surface area contributed by atoms with Gasteiger partial charge in [-0.2, -0.15) is 0 Å². The van der Waals surface area contributed by atoms with E-state index in [-0.39, 0.29) is 5.78 Å². The summed E-state index contributed by atoms with van der Waals surface area (Å²) in [7, 11) is 0. The van der Waals surface area contributed by atoms with Crippen LogP contribution >= 0.6 is 0 Å². The number of benzene rings is 2. The van der Waals surface area contributed by atoms with Crippen molar-refractivity contribution in [1.29, 1.82) is 0 Å². The number of carbonyl (C=O) groups is 1. The number of nitrogens with two attached hydrogens (primary N) is 1. The monoisotopic (exact) mass is 294 g/mol. The lowest BCUT2D eigenvalue weighted by Gasteiger charge is -2.09. The SMILES string of the molecule is CC(=O)c1ccccc1Oc1ccc(-c2nocc2N)cc1. The number of ether oxygens (including phenoxy) is 1. The number of aromatic nitrogens is 1. The average Bonchev–Trinajstić information content (AvgIpc) is 2.94. The van der Waals surface area contributed by atoms with Gasteiger partial charge in [-0.15, -0.1) is 0 Å². The number of para-hydroxylation sites is 1. The third-order valence-corrected chi connectivity index (χ3v) is 3.22. The second-order valence-corrected chi connectivity index (χ2v) is 4.80. The highest BCUT2D eigenvalue weighted by Gasteiger charge is 2.10. The van der Waals surface area contributed by atoms with Crippen LogP contribution < -0.4 is 10.5 Å². The van der Waals surface area contributed by atoms with Crippen LogP contribution in [0.4, 0.5) is 5.69 Å². The van der Waals surface area contributed by atoms with Crippen LogP contribution in [0, 0.1) is 0 Å². The highest BCUT2D eigenvalue weighted by atomic mass is 16.5. The van der Waals surface area contributed by atoms with Crippen molar-refractivity contribution in [2.45, 2.75) is 6.92 Å². The van der Waals surface area contributed by atoms with Crippen molar-refractivity contribution in [3.8, 4) is 22.8 Å². The maximum atomic E-state index is 11.6. The van der Waals surface area contributed by atoms with Gasteiger partial charge in [0.1, 0.15) is 29.1 Å². The molecule has 110 valence electrons. The molecule has 2 N–H and O–H groups in total. The van der Waals surface area contributed by atoms with Gasteiger partial charge in [-0.25, -0.2) is 0 Å². The van der Waals surface area contributed by atoms with Gasteiger partial charge >= 0.3 is 0 Å². The molecule has 5 heteroatoms. The Morgan fingerprint density at radius 3 is 2.50 bits per heavy atom. The van der Waals surface area contributed by atoms with Crippen LogP contribution in [0.3, 0.4) is 0 Å². The summed E-state index contributed by atoms with van der Waals surface area (Å²) >= 11 is 0. The minimum atomic E-state index is -0.0393. The van der Waals surface area contributed by atoms with Crippen LogP contribution in [0.5, 0.6) is 11.5 Å². The number of rotatable bonds is 4. The van der Waals surface area contributed by atoms with Crippen LogP contribution in [0.25, 0.3) is 11.3 Å². The van der Waals surface area contributed by atoms with Gasteiger partial charge in [-0.1, -0.05) is 17.3 Å². The standard InChI is InChI=1S/C17H14N2O3/c1-11(20)14-4-2-3-5-16(14)22-13-8-6-12(7-9-13)17-15(18)10-21-19-17/h2-10H,18H2,1H3. The molecule has 0 unspecified atom stereocenters. The number of Topliss-reactive ketones (excluding diaryl/α,β-unsaturated/α-hetero) is 1. The molecule has 22 heavy (non-hydrogen) atoms. The first-order valence-corrected chi connectivity index (χ1v) is 6.73. The van der Waals surface area contributed by atoms with Gasteiger partial charge in [-0.3, -0.25) is 4.79 Å². The van der Waals surface area contributed by atoms with Gasteiger partial charge in [0.15, 0.2) is 5.78 Å². The topological polar surface area (TPSA) is 78.3 Å². The minimum absolute atomic E-state index is 0.0393. The number of nitrogens with zero attached hydrogens (tertiary/aromatic N) is 1. The fraction of sp³-hybridized carbons (Fsp3) is 0.0588. The van der Waals surface area contributed by atoms with E-state index >= 15 is 0 Å². The molecule has 0 aliphatic heterocycles. The number of hydrogen-bond acceptors (Lipinski definition) is 5. The van der Waals surface area contributed by atoms with Gasteiger partial charge in [-0.05, 0) is 43.3 Å². The lowest BCUT2D eigenvalue weighted by Crippen LogP contribution is -1.96. The van der Waals surface area contributed by atoms with Crippen molar-refractivity contribution in [3.63, 3.8) is 0 Å². The molecule has 2 aromatic carbocycles. The first kappa shape index (κ1) is 13.9. The molecule has 0 fully saturated rings. The zero-order valence-electron chi connectivity index (χ0n) is 11.9. The number of nitrogen functional groups attached to an aromatic ring is 1. The van der Waals surface area contributed by atoms with Gasteiger partial charge in [0, 0.05) is 5.56 Å². The zero-order valence-corrected chi connectivity index (χ0v) is 11.9. The predicted octanol–water partition coefficient (Wildman–Crippen LogP) is 3.92. The fourth-order valence-corrected chi connectivity index (χ4v) is 2.12.